The van der Waals surface area contributed by atoms with E-state index in [9.17, 15) is 4.79 Å². The summed E-state index contributed by atoms with van der Waals surface area (Å²) in [6.07, 6.45) is 2.62. The van der Waals surface area contributed by atoms with Crippen molar-refractivity contribution in [1.82, 2.24) is 0 Å². The van der Waals surface area contributed by atoms with E-state index in [1.165, 1.54) is 0 Å². The number of hydrogen-bond donors (Lipinski definition) is 0. The van der Waals surface area contributed by atoms with Crippen LogP contribution < -0.4 is 0 Å². The van der Waals surface area contributed by atoms with Crippen LogP contribution in [0.5, 0.6) is 0 Å². The molecule has 23 heavy (non-hydrogen) atoms. The van der Waals surface area contributed by atoms with Crippen LogP contribution in [0.3, 0.4) is 0 Å². The molecule has 0 spiro atoms. The second kappa shape index (κ2) is 7.37. The number of carbonyl (C=O) groups is 1. The van der Waals surface area contributed by atoms with Crippen LogP contribution in [0.1, 0.15) is 21.5 Å². The summed E-state index contributed by atoms with van der Waals surface area (Å²) in [5.74, 6) is 0.0818. The molecule has 0 N–H and O–H groups in total. The van der Waals surface area contributed by atoms with Gasteiger partial charge in [0.25, 0.3) is 0 Å². The van der Waals surface area contributed by atoms with E-state index in [1.54, 1.807) is 0 Å². The zero-order valence-corrected chi connectivity index (χ0v) is 12.9. The van der Waals surface area contributed by atoms with Gasteiger partial charge in [0.1, 0.15) is 0 Å². The smallest absolute Gasteiger partial charge is 0.189 e. The van der Waals surface area contributed by atoms with E-state index in [0.717, 1.165) is 22.3 Å². The fourth-order valence-corrected chi connectivity index (χ4v) is 2.54. The first-order chi connectivity index (χ1) is 11.3. The number of ketones is 1. The maximum atomic E-state index is 12.9. The van der Waals surface area contributed by atoms with Crippen LogP contribution >= 0.6 is 0 Å². The number of allylic oxidation sites excluding steroid dienone is 1. The summed E-state index contributed by atoms with van der Waals surface area (Å²) < 4.78 is 0. The van der Waals surface area contributed by atoms with Gasteiger partial charge in [-0.15, -0.1) is 0 Å². The SMILES string of the molecule is O=C(/C(=C\c1ccccc1)Cc1ccccc1)c1ccccc1. The van der Waals surface area contributed by atoms with E-state index in [4.69, 9.17) is 0 Å². The zero-order valence-electron chi connectivity index (χ0n) is 12.9. The van der Waals surface area contributed by atoms with E-state index >= 15 is 0 Å². The van der Waals surface area contributed by atoms with Gasteiger partial charge in [-0.05, 0) is 17.2 Å². The highest BCUT2D eigenvalue weighted by Gasteiger charge is 2.12. The van der Waals surface area contributed by atoms with Gasteiger partial charge in [-0.1, -0.05) is 91.0 Å². The molecule has 1 nitrogen and oxygen atoms in total. The van der Waals surface area contributed by atoms with Crippen molar-refractivity contribution in [3.05, 3.63) is 113 Å². The molecule has 0 amide bonds. The molecule has 112 valence electrons. The summed E-state index contributed by atoms with van der Waals surface area (Å²) in [6.45, 7) is 0. The van der Waals surface area contributed by atoms with Gasteiger partial charge in [0, 0.05) is 17.6 Å². The van der Waals surface area contributed by atoms with Gasteiger partial charge < -0.3 is 0 Å². The van der Waals surface area contributed by atoms with Crippen molar-refractivity contribution >= 4 is 11.9 Å². The van der Waals surface area contributed by atoms with E-state index in [0.29, 0.717) is 6.42 Å². The van der Waals surface area contributed by atoms with Crippen LogP contribution in [0, 0.1) is 0 Å². The van der Waals surface area contributed by atoms with Gasteiger partial charge in [0.15, 0.2) is 5.78 Å². The fourth-order valence-electron chi connectivity index (χ4n) is 2.54. The quantitative estimate of drug-likeness (QED) is 0.467. The summed E-state index contributed by atoms with van der Waals surface area (Å²) in [7, 11) is 0. The molecule has 0 bridgehead atoms. The molecule has 3 aromatic rings. The van der Waals surface area contributed by atoms with Crippen molar-refractivity contribution < 1.29 is 4.79 Å². The monoisotopic (exact) mass is 298 g/mol. The van der Waals surface area contributed by atoms with Crippen LogP contribution in [-0.4, -0.2) is 5.78 Å². The zero-order chi connectivity index (χ0) is 15.9. The topological polar surface area (TPSA) is 17.1 Å². The van der Waals surface area contributed by atoms with Crippen molar-refractivity contribution in [3.8, 4) is 0 Å². The third-order valence-electron chi connectivity index (χ3n) is 3.71. The largest absolute Gasteiger partial charge is 0.289 e. The number of hydrogen-bond acceptors (Lipinski definition) is 1. The lowest BCUT2D eigenvalue weighted by atomic mass is 9.95. The van der Waals surface area contributed by atoms with Gasteiger partial charge in [0.05, 0.1) is 0 Å². The van der Waals surface area contributed by atoms with Crippen LogP contribution in [-0.2, 0) is 6.42 Å². The van der Waals surface area contributed by atoms with Crippen LogP contribution in [0.15, 0.2) is 96.6 Å². The minimum absolute atomic E-state index is 0.0818. The van der Waals surface area contributed by atoms with E-state index < -0.39 is 0 Å². The van der Waals surface area contributed by atoms with Crippen LogP contribution in [0.2, 0.25) is 0 Å². The molecule has 0 aliphatic rings. The van der Waals surface area contributed by atoms with Gasteiger partial charge >= 0.3 is 0 Å². The number of carbonyl (C=O) groups excluding carboxylic acids is 1. The Hall–Kier alpha value is -2.93. The Morgan fingerprint density at radius 1 is 0.696 bits per heavy atom. The van der Waals surface area contributed by atoms with Crippen molar-refractivity contribution in [2.75, 3.05) is 0 Å². The van der Waals surface area contributed by atoms with Gasteiger partial charge in [0.2, 0.25) is 0 Å². The minimum Gasteiger partial charge on any atom is -0.289 e. The summed E-state index contributed by atoms with van der Waals surface area (Å²) in [6, 6.07) is 29.5. The number of Topliss-reactive ketones (excluding diaryl/α,β-unsaturated/α-hetero) is 1. The van der Waals surface area contributed by atoms with E-state index in [-0.39, 0.29) is 5.78 Å². The highest BCUT2D eigenvalue weighted by atomic mass is 16.1. The highest BCUT2D eigenvalue weighted by Crippen LogP contribution is 2.17. The second-order valence-electron chi connectivity index (χ2n) is 5.44. The predicted octanol–water partition coefficient (Wildman–Crippen LogP) is 5.20. The predicted molar refractivity (Wildman–Crippen MR) is 95.3 cm³/mol. The molecule has 0 heterocycles. The van der Waals surface area contributed by atoms with E-state index in [2.05, 4.69) is 12.1 Å². The van der Waals surface area contributed by atoms with Crippen molar-refractivity contribution in [2.24, 2.45) is 0 Å². The average Bonchev–Trinajstić information content (AvgIpc) is 2.63. The second-order valence-corrected chi connectivity index (χ2v) is 5.44. The Labute approximate surface area is 136 Å². The first kappa shape index (κ1) is 15.0. The fraction of sp³-hybridized carbons (Fsp3) is 0.0455. The lowest BCUT2D eigenvalue weighted by Gasteiger charge is -2.08. The molecule has 1 heteroatoms. The van der Waals surface area contributed by atoms with E-state index in [1.807, 2.05) is 84.9 Å². The van der Waals surface area contributed by atoms with Crippen molar-refractivity contribution in [3.63, 3.8) is 0 Å². The van der Waals surface area contributed by atoms with Crippen LogP contribution in [0.25, 0.3) is 6.08 Å². The Morgan fingerprint density at radius 3 is 1.83 bits per heavy atom. The lowest BCUT2D eigenvalue weighted by Crippen LogP contribution is -2.06. The Morgan fingerprint density at radius 2 is 1.22 bits per heavy atom. The highest BCUT2D eigenvalue weighted by molar-refractivity contribution is 6.11. The molecule has 0 aliphatic carbocycles. The standard InChI is InChI=1S/C22H18O/c23-22(20-14-8-3-9-15-20)21(16-18-10-4-1-5-11-18)17-19-12-6-2-7-13-19/h1-16H,17H2/b21-16-. The molecule has 0 saturated carbocycles. The molecule has 0 atom stereocenters. The van der Waals surface area contributed by atoms with Gasteiger partial charge in [-0.3, -0.25) is 4.79 Å². The van der Waals surface area contributed by atoms with Gasteiger partial charge in [-0.2, -0.15) is 0 Å². The third kappa shape index (κ3) is 4.04. The maximum absolute atomic E-state index is 12.9. The molecule has 0 aromatic heterocycles. The van der Waals surface area contributed by atoms with Crippen molar-refractivity contribution in [2.45, 2.75) is 6.42 Å². The van der Waals surface area contributed by atoms with Gasteiger partial charge in [-0.25, -0.2) is 0 Å². The summed E-state index contributed by atoms with van der Waals surface area (Å²) in [4.78, 5) is 12.9. The molecule has 0 radical (unpaired) electrons. The number of rotatable bonds is 5. The lowest BCUT2D eigenvalue weighted by molar-refractivity contribution is 0.103. The Kier molecular flexibility index (Phi) is 4.80. The maximum Gasteiger partial charge on any atom is 0.189 e. The normalized spacial score (nSPS) is 11.2. The van der Waals surface area contributed by atoms with Crippen LogP contribution in [0.4, 0.5) is 0 Å². The molecular weight excluding hydrogens is 280 g/mol. The Bertz CT molecular complexity index is 787. The first-order valence-electron chi connectivity index (χ1n) is 7.72. The molecule has 0 unspecified atom stereocenters. The summed E-state index contributed by atoms with van der Waals surface area (Å²) in [5.41, 5.74) is 3.71. The molecule has 0 saturated heterocycles. The minimum atomic E-state index is 0.0818. The van der Waals surface area contributed by atoms with Crippen molar-refractivity contribution in [1.29, 1.82) is 0 Å². The molecular formula is C22H18O. The third-order valence-corrected chi connectivity index (χ3v) is 3.71. The molecule has 0 aliphatic heterocycles. The molecule has 3 rings (SSSR count). The average molecular weight is 298 g/mol. The summed E-state index contributed by atoms with van der Waals surface area (Å²) in [5, 5.41) is 0. The molecule has 3 aromatic carbocycles. The summed E-state index contributed by atoms with van der Waals surface area (Å²) >= 11 is 0. The number of benzene rings is 3. The first-order valence-corrected chi connectivity index (χ1v) is 7.72. The molecule has 0 fully saturated rings. The Balaban J connectivity index is 1.96.